The number of pyridine rings is 1. The molecule has 6 nitrogen and oxygen atoms in total. The second kappa shape index (κ2) is 5.62. The molecule has 0 saturated carbocycles. The summed E-state index contributed by atoms with van der Waals surface area (Å²) >= 11 is 0. The Morgan fingerprint density at radius 3 is 2.62 bits per heavy atom. The van der Waals surface area contributed by atoms with Crippen LogP contribution in [0.1, 0.15) is 11.7 Å². The van der Waals surface area contributed by atoms with Crippen molar-refractivity contribution < 1.29 is 14.3 Å². The molecule has 1 aliphatic rings. The fourth-order valence-corrected chi connectivity index (χ4v) is 2.17. The summed E-state index contributed by atoms with van der Waals surface area (Å²) in [5, 5.41) is 5.18. The summed E-state index contributed by atoms with van der Waals surface area (Å²) in [6.07, 6.45) is 0.320. The standard InChI is InChI=1S/C15H13N3O3/c19-14(17-11-8-4-5-9-16-11)12-13(21-15(20)18-12)10-6-2-1-3-7-10/h1-9,12-13H,(H,18,20)(H,16,17,19). The molecular formula is C15H13N3O3. The highest BCUT2D eigenvalue weighted by Gasteiger charge is 2.40. The van der Waals surface area contributed by atoms with Gasteiger partial charge in [0.25, 0.3) is 5.91 Å². The highest BCUT2D eigenvalue weighted by Crippen LogP contribution is 2.26. The van der Waals surface area contributed by atoms with Crippen LogP contribution in [-0.4, -0.2) is 23.0 Å². The fraction of sp³-hybridized carbons (Fsp3) is 0.133. The summed E-state index contributed by atoms with van der Waals surface area (Å²) < 4.78 is 5.19. The second-order valence-corrected chi connectivity index (χ2v) is 4.56. The Balaban J connectivity index is 1.79. The molecule has 1 saturated heterocycles. The predicted molar refractivity (Wildman–Crippen MR) is 75.5 cm³/mol. The molecule has 2 heterocycles. The number of hydrogen-bond acceptors (Lipinski definition) is 4. The van der Waals surface area contributed by atoms with E-state index < -0.39 is 18.2 Å². The Hall–Kier alpha value is -2.89. The number of alkyl carbamates (subject to hydrolysis) is 1. The number of aromatic nitrogens is 1. The molecule has 1 fully saturated rings. The SMILES string of the molecule is O=C1NC(C(=O)Nc2ccccn2)C(c2ccccc2)O1. The molecule has 106 valence electrons. The largest absolute Gasteiger partial charge is 0.439 e. The molecule has 1 aliphatic heterocycles. The first-order chi connectivity index (χ1) is 10.2. The smallest absolute Gasteiger partial charge is 0.408 e. The Bertz CT molecular complexity index is 646. The third-order valence-electron chi connectivity index (χ3n) is 3.14. The minimum atomic E-state index is -0.790. The van der Waals surface area contributed by atoms with Crippen molar-refractivity contribution >= 4 is 17.8 Å². The Labute approximate surface area is 121 Å². The zero-order valence-corrected chi connectivity index (χ0v) is 11.0. The molecule has 0 bridgehead atoms. The Morgan fingerprint density at radius 1 is 1.14 bits per heavy atom. The molecule has 1 aromatic carbocycles. The maximum absolute atomic E-state index is 12.3. The minimum absolute atomic E-state index is 0.367. The lowest BCUT2D eigenvalue weighted by Crippen LogP contribution is -2.40. The van der Waals surface area contributed by atoms with Gasteiger partial charge in [0.2, 0.25) is 0 Å². The molecule has 0 spiro atoms. The summed E-state index contributed by atoms with van der Waals surface area (Å²) in [6, 6.07) is 13.5. The highest BCUT2D eigenvalue weighted by molar-refractivity contribution is 5.97. The summed E-state index contributed by atoms with van der Waals surface area (Å²) in [6.45, 7) is 0. The fourth-order valence-electron chi connectivity index (χ4n) is 2.17. The molecule has 3 rings (SSSR count). The first kappa shape index (κ1) is 13.1. The van der Waals surface area contributed by atoms with Crippen molar-refractivity contribution in [1.29, 1.82) is 0 Å². The van der Waals surface area contributed by atoms with Crippen LogP contribution in [0.4, 0.5) is 10.6 Å². The molecule has 0 radical (unpaired) electrons. The number of ether oxygens (including phenoxy) is 1. The van der Waals surface area contributed by atoms with Gasteiger partial charge in [-0.3, -0.25) is 4.79 Å². The van der Waals surface area contributed by atoms with Gasteiger partial charge in [-0.2, -0.15) is 0 Å². The van der Waals surface area contributed by atoms with Crippen molar-refractivity contribution in [3.63, 3.8) is 0 Å². The lowest BCUT2D eigenvalue weighted by Gasteiger charge is -2.16. The minimum Gasteiger partial charge on any atom is -0.439 e. The molecule has 2 amide bonds. The highest BCUT2D eigenvalue weighted by atomic mass is 16.6. The van der Waals surface area contributed by atoms with Gasteiger partial charge in [0.05, 0.1) is 0 Å². The number of nitrogens with one attached hydrogen (secondary N) is 2. The van der Waals surface area contributed by atoms with Crippen LogP contribution in [0.3, 0.4) is 0 Å². The number of benzene rings is 1. The van der Waals surface area contributed by atoms with E-state index >= 15 is 0 Å². The first-order valence-electron chi connectivity index (χ1n) is 6.48. The van der Waals surface area contributed by atoms with Crippen LogP contribution in [-0.2, 0) is 9.53 Å². The Kier molecular flexibility index (Phi) is 3.51. The van der Waals surface area contributed by atoms with E-state index in [4.69, 9.17) is 4.74 Å². The van der Waals surface area contributed by atoms with Crippen LogP contribution in [0, 0.1) is 0 Å². The molecular weight excluding hydrogens is 270 g/mol. The molecule has 2 N–H and O–H groups in total. The number of nitrogens with zero attached hydrogens (tertiary/aromatic N) is 1. The number of carbonyl (C=O) groups is 2. The van der Waals surface area contributed by atoms with Gasteiger partial charge in [-0.1, -0.05) is 36.4 Å². The van der Waals surface area contributed by atoms with Crippen molar-refractivity contribution in [2.45, 2.75) is 12.1 Å². The maximum Gasteiger partial charge on any atom is 0.408 e. The van der Waals surface area contributed by atoms with E-state index in [9.17, 15) is 9.59 Å². The van der Waals surface area contributed by atoms with Crippen LogP contribution in [0.15, 0.2) is 54.7 Å². The van der Waals surface area contributed by atoms with Gasteiger partial charge in [0.1, 0.15) is 5.82 Å². The number of anilines is 1. The molecule has 2 aromatic rings. The third-order valence-corrected chi connectivity index (χ3v) is 3.14. The van der Waals surface area contributed by atoms with E-state index in [0.717, 1.165) is 5.56 Å². The van der Waals surface area contributed by atoms with Crippen molar-refractivity contribution in [3.05, 3.63) is 60.3 Å². The van der Waals surface area contributed by atoms with E-state index in [1.165, 1.54) is 0 Å². The topological polar surface area (TPSA) is 80.3 Å². The van der Waals surface area contributed by atoms with E-state index in [2.05, 4.69) is 15.6 Å². The molecule has 2 unspecified atom stereocenters. The number of amides is 2. The van der Waals surface area contributed by atoms with Crippen molar-refractivity contribution in [2.24, 2.45) is 0 Å². The maximum atomic E-state index is 12.3. The first-order valence-corrected chi connectivity index (χ1v) is 6.48. The quantitative estimate of drug-likeness (QED) is 0.901. The van der Waals surface area contributed by atoms with Gasteiger partial charge < -0.3 is 15.4 Å². The summed E-state index contributed by atoms with van der Waals surface area (Å²) in [5.41, 5.74) is 0.761. The predicted octanol–water partition coefficient (Wildman–Crippen LogP) is 1.87. The van der Waals surface area contributed by atoms with Crippen LogP contribution in [0.2, 0.25) is 0 Å². The second-order valence-electron chi connectivity index (χ2n) is 4.56. The number of carbonyl (C=O) groups excluding carboxylic acids is 2. The Morgan fingerprint density at radius 2 is 1.90 bits per heavy atom. The van der Waals surface area contributed by atoms with Gasteiger partial charge in [0.15, 0.2) is 12.1 Å². The van der Waals surface area contributed by atoms with Crippen LogP contribution < -0.4 is 10.6 Å². The van der Waals surface area contributed by atoms with Gasteiger partial charge >= 0.3 is 6.09 Å². The molecule has 2 atom stereocenters. The normalized spacial score (nSPS) is 20.5. The number of cyclic esters (lactones) is 1. The molecule has 6 heteroatoms. The molecule has 0 aliphatic carbocycles. The third kappa shape index (κ3) is 2.84. The van der Waals surface area contributed by atoms with Crippen molar-refractivity contribution in [3.8, 4) is 0 Å². The van der Waals surface area contributed by atoms with Crippen LogP contribution >= 0.6 is 0 Å². The van der Waals surface area contributed by atoms with Gasteiger partial charge in [0, 0.05) is 6.20 Å². The molecule has 1 aromatic heterocycles. The van der Waals surface area contributed by atoms with Gasteiger partial charge in [-0.15, -0.1) is 0 Å². The monoisotopic (exact) mass is 283 g/mol. The van der Waals surface area contributed by atoms with Crippen LogP contribution in [0.5, 0.6) is 0 Å². The van der Waals surface area contributed by atoms with Gasteiger partial charge in [-0.25, -0.2) is 9.78 Å². The van der Waals surface area contributed by atoms with E-state index in [1.54, 1.807) is 24.4 Å². The number of hydrogen-bond donors (Lipinski definition) is 2. The van der Waals surface area contributed by atoms with E-state index in [0.29, 0.717) is 5.82 Å². The average molecular weight is 283 g/mol. The zero-order valence-electron chi connectivity index (χ0n) is 11.0. The molecule has 21 heavy (non-hydrogen) atoms. The van der Waals surface area contributed by atoms with E-state index in [1.807, 2.05) is 30.3 Å². The lowest BCUT2D eigenvalue weighted by molar-refractivity contribution is -0.119. The average Bonchev–Trinajstić information content (AvgIpc) is 2.91. The number of rotatable bonds is 3. The zero-order chi connectivity index (χ0) is 14.7. The lowest BCUT2D eigenvalue weighted by atomic mass is 10.0. The summed E-state index contributed by atoms with van der Waals surface area (Å²) in [5.74, 6) is 0.0591. The van der Waals surface area contributed by atoms with Crippen LogP contribution in [0.25, 0.3) is 0 Å². The van der Waals surface area contributed by atoms with Gasteiger partial charge in [-0.05, 0) is 17.7 Å². The van der Waals surface area contributed by atoms with Crippen molar-refractivity contribution in [2.75, 3.05) is 5.32 Å². The summed E-state index contributed by atoms with van der Waals surface area (Å²) in [7, 11) is 0. The van der Waals surface area contributed by atoms with Crippen molar-refractivity contribution in [1.82, 2.24) is 10.3 Å². The summed E-state index contributed by atoms with van der Waals surface area (Å²) in [4.78, 5) is 27.8. The van der Waals surface area contributed by atoms with E-state index in [-0.39, 0.29) is 5.91 Å².